The summed E-state index contributed by atoms with van der Waals surface area (Å²) in [6.45, 7) is 0. The maximum absolute atomic E-state index is 12.7. The van der Waals surface area contributed by atoms with Crippen molar-refractivity contribution in [2.45, 2.75) is 42.5 Å². The van der Waals surface area contributed by atoms with Gasteiger partial charge in [0.2, 0.25) is 10.0 Å². The Morgan fingerprint density at radius 3 is 2.18 bits per heavy atom. The Kier molecular flexibility index (Phi) is 5.90. The first-order valence-electron chi connectivity index (χ1n) is 9.05. The zero-order valence-electron chi connectivity index (χ0n) is 15.6. The van der Waals surface area contributed by atoms with Crippen molar-refractivity contribution in [1.29, 1.82) is 0 Å². The van der Waals surface area contributed by atoms with Crippen LogP contribution in [-0.2, 0) is 14.8 Å². The van der Waals surface area contributed by atoms with Crippen molar-refractivity contribution in [3.05, 3.63) is 48.5 Å². The topological polar surface area (TPSA) is 102 Å². The van der Waals surface area contributed by atoms with E-state index in [1.165, 1.54) is 31.4 Å². The van der Waals surface area contributed by atoms with Gasteiger partial charge in [0, 0.05) is 0 Å². The summed E-state index contributed by atoms with van der Waals surface area (Å²) >= 11 is 0. The van der Waals surface area contributed by atoms with Crippen molar-refractivity contribution < 1.29 is 27.8 Å². The molecule has 7 nitrogen and oxygen atoms in total. The summed E-state index contributed by atoms with van der Waals surface area (Å²) in [7, 11) is -2.44. The molecule has 2 aromatic rings. The predicted octanol–water partition coefficient (Wildman–Crippen LogP) is 3.55. The van der Waals surface area contributed by atoms with Gasteiger partial charge in [-0.05, 0) is 49.2 Å². The highest BCUT2D eigenvalue weighted by Gasteiger charge is 2.43. The number of para-hydroxylation sites is 2. The van der Waals surface area contributed by atoms with Gasteiger partial charge in [-0.3, -0.25) is 4.79 Å². The number of hydrogen-bond donors (Lipinski definition) is 2. The minimum absolute atomic E-state index is 0.00826. The molecule has 2 aromatic carbocycles. The van der Waals surface area contributed by atoms with Crippen LogP contribution in [0.3, 0.4) is 0 Å². The van der Waals surface area contributed by atoms with Crippen LogP contribution in [0.15, 0.2) is 53.4 Å². The van der Waals surface area contributed by atoms with Gasteiger partial charge in [0.25, 0.3) is 0 Å². The van der Waals surface area contributed by atoms with Crippen molar-refractivity contribution in [2.24, 2.45) is 0 Å². The van der Waals surface area contributed by atoms with Crippen LogP contribution in [0.4, 0.5) is 0 Å². The summed E-state index contributed by atoms with van der Waals surface area (Å²) in [4.78, 5) is 11.7. The minimum Gasteiger partial charge on any atom is -0.493 e. The Morgan fingerprint density at radius 2 is 1.61 bits per heavy atom. The summed E-state index contributed by atoms with van der Waals surface area (Å²) in [5, 5.41) is 9.60. The molecule has 0 heterocycles. The van der Waals surface area contributed by atoms with Crippen molar-refractivity contribution in [3.8, 4) is 17.2 Å². The van der Waals surface area contributed by atoms with E-state index in [1.807, 2.05) is 6.07 Å². The highest BCUT2D eigenvalue weighted by atomic mass is 32.2. The van der Waals surface area contributed by atoms with E-state index in [0.29, 0.717) is 30.1 Å². The second-order valence-electron chi connectivity index (χ2n) is 6.78. The molecule has 0 saturated heterocycles. The summed E-state index contributed by atoms with van der Waals surface area (Å²) in [6, 6.07) is 13.0. The van der Waals surface area contributed by atoms with E-state index in [4.69, 9.17) is 9.47 Å². The van der Waals surface area contributed by atoms with E-state index >= 15 is 0 Å². The van der Waals surface area contributed by atoms with Crippen LogP contribution in [-0.4, -0.2) is 32.1 Å². The van der Waals surface area contributed by atoms with Crippen LogP contribution in [0.1, 0.15) is 32.1 Å². The summed E-state index contributed by atoms with van der Waals surface area (Å²) in [5.41, 5.74) is -1.44. The zero-order valence-corrected chi connectivity index (χ0v) is 16.4. The fourth-order valence-corrected chi connectivity index (χ4v) is 4.77. The smallest absolute Gasteiger partial charge is 0.324 e. The van der Waals surface area contributed by atoms with Gasteiger partial charge in [-0.15, -0.1) is 0 Å². The molecule has 1 aliphatic carbocycles. The number of rotatable bonds is 7. The summed E-state index contributed by atoms with van der Waals surface area (Å²) < 4.78 is 38.9. The van der Waals surface area contributed by atoms with Crippen molar-refractivity contribution >= 4 is 16.0 Å². The fraction of sp³-hybridized carbons (Fsp3) is 0.350. The van der Waals surface area contributed by atoms with Gasteiger partial charge < -0.3 is 14.6 Å². The third-order valence-electron chi connectivity index (χ3n) is 4.88. The van der Waals surface area contributed by atoms with Crippen molar-refractivity contribution in [2.75, 3.05) is 7.11 Å². The van der Waals surface area contributed by atoms with Crippen molar-refractivity contribution in [1.82, 2.24) is 4.72 Å². The van der Waals surface area contributed by atoms with E-state index in [9.17, 15) is 18.3 Å². The number of benzene rings is 2. The quantitative estimate of drug-likeness (QED) is 0.730. The van der Waals surface area contributed by atoms with Crippen LogP contribution in [0, 0.1) is 0 Å². The Hall–Kier alpha value is -2.58. The second-order valence-corrected chi connectivity index (χ2v) is 8.46. The molecule has 28 heavy (non-hydrogen) atoms. The number of nitrogens with one attached hydrogen (secondary N) is 1. The van der Waals surface area contributed by atoms with Crippen molar-refractivity contribution in [3.63, 3.8) is 0 Å². The molecule has 0 unspecified atom stereocenters. The Morgan fingerprint density at radius 1 is 1.00 bits per heavy atom. The van der Waals surface area contributed by atoms with E-state index in [0.717, 1.165) is 6.42 Å². The molecular weight excluding hydrogens is 382 g/mol. The minimum atomic E-state index is -3.98. The number of methoxy groups -OCH3 is 1. The van der Waals surface area contributed by atoms with E-state index in [1.54, 1.807) is 18.2 Å². The molecule has 2 N–H and O–H groups in total. The number of hydrogen-bond acceptors (Lipinski definition) is 5. The molecule has 3 rings (SSSR count). The van der Waals surface area contributed by atoms with Crippen LogP contribution in [0.2, 0.25) is 0 Å². The largest absolute Gasteiger partial charge is 0.493 e. The highest BCUT2D eigenvalue weighted by molar-refractivity contribution is 7.89. The van der Waals surface area contributed by atoms with Gasteiger partial charge in [-0.25, -0.2) is 8.42 Å². The zero-order chi connectivity index (χ0) is 20.2. The molecule has 0 amide bonds. The Balaban J connectivity index is 1.79. The lowest BCUT2D eigenvalue weighted by Gasteiger charge is -2.33. The first kappa shape index (κ1) is 20.2. The fourth-order valence-electron chi connectivity index (χ4n) is 3.35. The molecule has 1 aliphatic rings. The molecule has 0 aromatic heterocycles. The first-order chi connectivity index (χ1) is 13.4. The molecule has 0 atom stereocenters. The number of carboxylic acid groups (broad SMARTS) is 1. The number of carboxylic acids is 1. The summed E-state index contributed by atoms with van der Waals surface area (Å²) in [6.07, 6.45) is 2.85. The van der Waals surface area contributed by atoms with Gasteiger partial charge >= 0.3 is 5.97 Å². The van der Waals surface area contributed by atoms with Crippen LogP contribution < -0.4 is 14.2 Å². The third kappa shape index (κ3) is 4.28. The van der Waals surface area contributed by atoms with E-state index < -0.39 is 21.5 Å². The third-order valence-corrected chi connectivity index (χ3v) is 6.43. The lowest BCUT2D eigenvalue weighted by Crippen LogP contribution is -2.55. The number of ether oxygens (including phenoxy) is 2. The molecule has 0 radical (unpaired) electrons. The normalized spacial score (nSPS) is 16.3. The van der Waals surface area contributed by atoms with Gasteiger partial charge in [-0.2, -0.15) is 4.72 Å². The molecule has 0 aliphatic heterocycles. The van der Waals surface area contributed by atoms with E-state index in [2.05, 4.69) is 4.72 Å². The van der Waals surface area contributed by atoms with Crippen LogP contribution in [0.25, 0.3) is 0 Å². The SMILES string of the molecule is COc1ccccc1Oc1ccc(S(=O)(=O)NC2(C(=O)O)CCCCC2)cc1. The molecule has 1 fully saturated rings. The van der Waals surface area contributed by atoms with Gasteiger partial charge in [0.15, 0.2) is 11.5 Å². The highest BCUT2D eigenvalue weighted by Crippen LogP contribution is 2.33. The molecule has 150 valence electrons. The van der Waals surface area contributed by atoms with Gasteiger partial charge in [0.1, 0.15) is 11.3 Å². The standard InChI is InChI=1S/C20H23NO6S/c1-26-17-7-3-4-8-18(17)27-15-9-11-16(12-10-15)28(24,25)21-20(19(22)23)13-5-2-6-14-20/h3-4,7-12,21H,2,5-6,13-14H2,1H3,(H,22,23). The molecule has 0 bridgehead atoms. The second kappa shape index (κ2) is 8.20. The lowest BCUT2D eigenvalue weighted by molar-refractivity contribution is -0.145. The molecule has 1 saturated carbocycles. The van der Waals surface area contributed by atoms with Crippen LogP contribution >= 0.6 is 0 Å². The monoisotopic (exact) mass is 405 g/mol. The molecule has 0 spiro atoms. The number of aliphatic carboxylic acids is 1. The average Bonchev–Trinajstić information content (AvgIpc) is 2.69. The number of sulfonamides is 1. The lowest BCUT2D eigenvalue weighted by atomic mass is 9.83. The van der Waals surface area contributed by atoms with Gasteiger partial charge in [-0.1, -0.05) is 31.4 Å². The number of carbonyl (C=O) groups is 1. The van der Waals surface area contributed by atoms with E-state index in [-0.39, 0.29) is 17.7 Å². The first-order valence-corrected chi connectivity index (χ1v) is 10.5. The van der Waals surface area contributed by atoms with Gasteiger partial charge in [0.05, 0.1) is 12.0 Å². The maximum atomic E-state index is 12.7. The Bertz CT molecular complexity index is 933. The summed E-state index contributed by atoms with van der Waals surface area (Å²) in [5.74, 6) is 0.369. The van der Waals surface area contributed by atoms with Crippen LogP contribution in [0.5, 0.6) is 17.2 Å². The molecular formula is C20H23NO6S. The Labute approximate surface area is 164 Å². The predicted molar refractivity (Wildman–Crippen MR) is 103 cm³/mol. The molecule has 8 heteroatoms. The average molecular weight is 405 g/mol. The maximum Gasteiger partial charge on any atom is 0.324 e.